The molecule has 0 aromatic carbocycles. The highest BCUT2D eigenvalue weighted by molar-refractivity contribution is 14.0. The van der Waals surface area contributed by atoms with Crippen LogP contribution in [0.25, 0.3) is 0 Å². The van der Waals surface area contributed by atoms with Crippen LogP contribution in [0, 0.1) is 5.92 Å². The Kier molecular flexibility index (Phi) is 16.1. The van der Waals surface area contributed by atoms with Gasteiger partial charge in [0.15, 0.2) is 5.96 Å². The Hall–Kier alpha value is -1.13. The van der Waals surface area contributed by atoms with Crippen LogP contribution in [0.4, 0.5) is 0 Å². The lowest BCUT2D eigenvalue weighted by Gasteiger charge is -2.16. The van der Waals surface area contributed by atoms with Crippen LogP contribution < -0.4 is 15.4 Å². The third kappa shape index (κ3) is 13.1. The largest absolute Gasteiger partial charge is 0.475 e. The fourth-order valence-electron chi connectivity index (χ4n) is 2.57. The van der Waals surface area contributed by atoms with Crippen molar-refractivity contribution in [2.24, 2.45) is 10.9 Å². The number of aromatic nitrogens is 1. The summed E-state index contributed by atoms with van der Waals surface area (Å²) in [5.41, 5.74) is 1.10. The van der Waals surface area contributed by atoms with Gasteiger partial charge in [0.1, 0.15) is 0 Å². The number of hydrogen-bond acceptors (Lipinski definition) is 5. The highest BCUT2D eigenvalue weighted by Gasteiger charge is 2.08. The Balaban J connectivity index is 0.00000729. The molecule has 1 aromatic heterocycles. The average molecular weight is 508 g/mol. The van der Waals surface area contributed by atoms with Crippen LogP contribution in [0.3, 0.4) is 0 Å². The van der Waals surface area contributed by atoms with Crippen molar-refractivity contribution in [2.45, 2.75) is 46.3 Å². The van der Waals surface area contributed by atoms with E-state index in [0.29, 0.717) is 38.2 Å². The molecule has 1 aromatic rings. The number of rotatable bonds is 13. The molecule has 2 N–H and O–H groups in total. The number of nitrogens with one attached hydrogen (secondary N) is 2. The van der Waals surface area contributed by atoms with Crippen molar-refractivity contribution in [3.8, 4) is 5.88 Å². The van der Waals surface area contributed by atoms with Gasteiger partial charge >= 0.3 is 0 Å². The van der Waals surface area contributed by atoms with Crippen molar-refractivity contribution in [1.29, 1.82) is 0 Å². The summed E-state index contributed by atoms with van der Waals surface area (Å²) >= 11 is 0. The molecule has 28 heavy (non-hydrogen) atoms. The summed E-state index contributed by atoms with van der Waals surface area (Å²) in [7, 11) is 3.43. The summed E-state index contributed by atoms with van der Waals surface area (Å²) < 4.78 is 16.3. The van der Waals surface area contributed by atoms with Crippen LogP contribution in [-0.4, -0.2) is 57.6 Å². The summed E-state index contributed by atoms with van der Waals surface area (Å²) in [4.78, 5) is 8.55. The number of guanidine groups is 1. The van der Waals surface area contributed by atoms with Crippen LogP contribution in [-0.2, 0) is 16.0 Å². The fourth-order valence-corrected chi connectivity index (χ4v) is 2.57. The summed E-state index contributed by atoms with van der Waals surface area (Å²) in [6, 6.07) is 3.95. The van der Waals surface area contributed by atoms with Crippen molar-refractivity contribution in [1.82, 2.24) is 15.6 Å². The molecule has 1 atom stereocenters. The first-order valence-corrected chi connectivity index (χ1v) is 9.68. The van der Waals surface area contributed by atoms with Gasteiger partial charge < -0.3 is 24.8 Å². The molecular formula is C20H37IN4O3. The maximum atomic E-state index is 5.91. The van der Waals surface area contributed by atoms with E-state index >= 15 is 0 Å². The van der Waals surface area contributed by atoms with E-state index in [2.05, 4.69) is 41.4 Å². The molecule has 0 amide bonds. The first-order chi connectivity index (χ1) is 13.0. The Morgan fingerprint density at radius 1 is 1.18 bits per heavy atom. The quantitative estimate of drug-likeness (QED) is 0.185. The molecule has 0 spiro atoms. The topological polar surface area (TPSA) is 77.0 Å². The zero-order valence-corrected chi connectivity index (χ0v) is 20.2. The Bertz CT molecular complexity index is 544. The van der Waals surface area contributed by atoms with E-state index in [-0.39, 0.29) is 30.1 Å². The second-order valence-electron chi connectivity index (χ2n) is 6.87. The summed E-state index contributed by atoms with van der Waals surface area (Å²) in [6.45, 7) is 9.88. The number of ether oxygens (including phenoxy) is 3. The van der Waals surface area contributed by atoms with Gasteiger partial charge in [0, 0.05) is 46.1 Å². The SMILES string of the molecule is CN=C(NCCCOCCOC)NCc1ccnc(OC(C)CC(C)C)c1.I. The van der Waals surface area contributed by atoms with Crippen LogP contribution >= 0.6 is 24.0 Å². The highest BCUT2D eigenvalue weighted by Crippen LogP contribution is 2.14. The van der Waals surface area contributed by atoms with Crippen LogP contribution in [0.2, 0.25) is 0 Å². The third-order valence-electron chi connectivity index (χ3n) is 3.80. The molecule has 0 aliphatic carbocycles. The number of methoxy groups -OCH3 is 1. The first kappa shape index (κ1) is 26.9. The van der Waals surface area contributed by atoms with Crippen molar-refractivity contribution in [3.63, 3.8) is 0 Å². The molecule has 8 heteroatoms. The van der Waals surface area contributed by atoms with E-state index in [4.69, 9.17) is 14.2 Å². The second-order valence-corrected chi connectivity index (χ2v) is 6.87. The number of nitrogens with zero attached hydrogens (tertiary/aromatic N) is 2. The molecule has 0 fully saturated rings. The molecule has 1 unspecified atom stereocenters. The summed E-state index contributed by atoms with van der Waals surface area (Å²) in [5, 5.41) is 6.58. The van der Waals surface area contributed by atoms with Crippen LogP contribution in [0.15, 0.2) is 23.3 Å². The Labute approximate surface area is 187 Å². The van der Waals surface area contributed by atoms with Crippen molar-refractivity contribution in [3.05, 3.63) is 23.9 Å². The normalized spacial score (nSPS) is 12.4. The predicted octanol–water partition coefficient (Wildman–Crippen LogP) is 3.23. The Morgan fingerprint density at radius 2 is 1.96 bits per heavy atom. The molecule has 1 rings (SSSR count). The minimum absolute atomic E-state index is 0. The average Bonchev–Trinajstić information content (AvgIpc) is 2.63. The monoisotopic (exact) mass is 508 g/mol. The second kappa shape index (κ2) is 16.8. The van der Waals surface area contributed by atoms with Crippen molar-refractivity contribution >= 4 is 29.9 Å². The molecule has 0 bridgehead atoms. The molecule has 0 saturated carbocycles. The van der Waals surface area contributed by atoms with Gasteiger partial charge in [-0.3, -0.25) is 4.99 Å². The van der Waals surface area contributed by atoms with E-state index < -0.39 is 0 Å². The van der Waals surface area contributed by atoms with Crippen molar-refractivity contribution in [2.75, 3.05) is 40.5 Å². The number of halogens is 1. The summed E-state index contributed by atoms with van der Waals surface area (Å²) in [6.07, 6.45) is 3.85. The molecule has 0 aliphatic rings. The number of pyridine rings is 1. The van der Waals surface area contributed by atoms with E-state index in [1.165, 1.54) is 0 Å². The number of aliphatic imine (C=N–C) groups is 1. The minimum atomic E-state index is 0. The Morgan fingerprint density at radius 3 is 2.64 bits per heavy atom. The lowest BCUT2D eigenvalue weighted by atomic mass is 10.1. The summed E-state index contributed by atoms with van der Waals surface area (Å²) in [5.74, 6) is 2.03. The maximum Gasteiger partial charge on any atom is 0.213 e. The first-order valence-electron chi connectivity index (χ1n) is 9.68. The molecule has 0 radical (unpaired) electrons. The molecule has 1 heterocycles. The lowest BCUT2D eigenvalue weighted by Crippen LogP contribution is -2.37. The third-order valence-corrected chi connectivity index (χ3v) is 3.80. The van der Waals surface area contributed by atoms with Crippen LogP contribution in [0.1, 0.15) is 39.2 Å². The molecule has 162 valence electrons. The van der Waals surface area contributed by atoms with Gasteiger partial charge in [-0.05, 0) is 37.3 Å². The van der Waals surface area contributed by atoms with Crippen molar-refractivity contribution < 1.29 is 14.2 Å². The highest BCUT2D eigenvalue weighted by atomic mass is 127. The van der Waals surface area contributed by atoms with Crippen LogP contribution in [0.5, 0.6) is 5.88 Å². The fraction of sp³-hybridized carbons (Fsp3) is 0.700. The van der Waals surface area contributed by atoms with Gasteiger partial charge in [-0.1, -0.05) is 13.8 Å². The smallest absolute Gasteiger partial charge is 0.213 e. The van der Waals surface area contributed by atoms with Gasteiger partial charge in [-0.2, -0.15) is 0 Å². The van der Waals surface area contributed by atoms with E-state index in [9.17, 15) is 0 Å². The number of hydrogen-bond donors (Lipinski definition) is 2. The van der Waals surface area contributed by atoms with Gasteiger partial charge in [0.25, 0.3) is 0 Å². The standard InChI is InChI=1S/C20H36N4O3.HI/c1-16(2)13-17(3)27-19-14-18(7-9-22-19)15-24-20(21-4)23-8-6-10-26-12-11-25-5;/h7,9,14,16-17H,6,8,10-13,15H2,1-5H3,(H2,21,23,24);1H. The molecule has 7 nitrogen and oxygen atoms in total. The zero-order chi connectivity index (χ0) is 19.9. The van der Waals surface area contributed by atoms with E-state index in [1.807, 2.05) is 12.1 Å². The van der Waals surface area contributed by atoms with Gasteiger partial charge in [0.05, 0.1) is 19.3 Å². The zero-order valence-electron chi connectivity index (χ0n) is 17.9. The van der Waals surface area contributed by atoms with E-state index in [1.54, 1.807) is 20.4 Å². The predicted molar refractivity (Wildman–Crippen MR) is 125 cm³/mol. The van der Waals surface area contributed by atoms with Gasteiger partial charge in [0.2, 0.25) is 5.88 Å². The maximum absolute atomic E-state index is 5.91. The minimum Gasteiger partial charge on any atom is -0.475 e. The van der Waals surface area contributed by atoms with E-state index in [0.717, 1.165) is 30.9 Å². The molecular weight excluding hydrogens is 471 g/mol. The molecule has 0 saturated heterocycles. The molecule has 0 aliphatic heterocycles. The lowest BCUT2D eigenvalue weighted by molar-refractivity contribution is 0.0698. The van der Waals surface area contributed by atoms with Gasteiger partial charge in [-0.15, -0.1) is 24.0 Å². The van der Waals surface area contributed by atoms with Gasteiger partial charge in [-0.25, -0.2) is 4.98 Å².